The zero-order valence-corrected chi connectivity index (χ0v) is 29.4. The van der Waals surface area contributed by atoms with Crippen LogP contribution in [0.2, 0.25) is 0 Å². The Balaban J connectivity index is 1.66. The average molecular weight is 616 g/mol. The fraction of sp³-hybridized carbons (Fsp3) is 0.850. The third-order valence-electron chi connectivity index (χ3n) is 9.46. The summed E-state index contributed by atoms with van der Waals surface area (Å²) in [5.41, 5.74) is 1.25. The van der Waals surface area contributed by atoms with Gasteiger partial charge >= 0.3 is 0 Å². The molecule has 44 heavy (non-hydrogen) atoms. The summed E-state index contributed by atoms with van der Waals surface area (Å²) in [5.74, 6) is 0. The van der Waals surface area contributed by atoms with Crippen molar-refractivity contribution in [1.82, 2.24) is 4.90 Å². The van der Waals surface area contributed by atoms with E-state index in [0.29, 0.717) is 12.6 Å². The monoisotopic (exact) mass is 616 g/mol. The number of hydrogen-bond donors (Lipinski definition) is 0. The Morgan fingerprint density at radius 2 is 1.14 bits per heavy atom. The van der Waals surface area contributed by atoms with Crippen LogP contribution in [-0.2, 0) is 20.8 Å². The Hall–Kier alpha value is -0.940. The van der Waals surface area contributed by atoms with E-state index in [9.17, 15) is 0 Å². The molecule has 1 unspecified atom stereocenters. The zero-order valence-electron chi connectivity index (χ0n) is 29.4. The molecular formula is C40H73NO3. The van der Waals surface area contributed by atoms with Gasteiger partial charge in [0, 0.05) is 32.3 Å². The van der Waals surface area contributed by atoms with Crippen molar-refractivity contribution in [2.24, 2.45) is 0 Å². The van der Waals surface area contributed by atoms with E-state index in [4.69, 9.17) is 14.2 Å². The molecule has 0 amide bonds. The van der Waals surface area contributed by atoms with Gasteiger partial charge in [0.05, 0.1) is 25.9 Å². The molecule has 0 aliphatic heterocycles. The number of hydrogen-bond acceptors (Lipinski definition) is 4. The highest BCUT2D eigenvalue weighted by Crippen LogP contribution is 2.25. The van der Waals surface area contributed by atoms with Crippen LogP contribution < -0.4 is 0 Å². The molecule has 0 heterocycles. The van der Waals surface area contributed by atoms with Gasteiger partial charge < -0.3 is 14.2 Å². The fourth-order valence-electron chi connectivity index (χ4n) is 6.28. The Morgan fingerprint density at radius 3 is 1.66 bits per heavy atom. The maximum atomic E-state index is 6.53. The van der Waals surface area contributed by atoms with Crippen LogP contribution in [0.3, 0.4) is 0 Å². The Labute approximate surface area is 274 Å². The second-order valence-electron chi connectivity index (χ2n) is 13.5. The maximum absolute atomic E-state index is 6.53. The van der Waals surface area contributed by atoms with Crippen LogP contribution >= 0.6 is 0 Å². The van der Waals surface area contributed by atoms with E-state index in [0.717, 1.165) is 39.5 Å². The minimum Gasteiger partial charge on any atom is -0.379 e. The fourth-order valence-corrected chi connectivity index (χ4v) is 6.28. The van der Waals surface area contributed by atoms with Gasteiger partial charge in [-0.05, 0) is 31.2 Å². The van der Waals surface area contributed by atoms with Gasteiger partial charge in [-0.25, -0.2) is 0 Å². The number of benzene rings is 1. The average Bonchev–Trinajstić information content (AvgIpc) is 3.01. The van der Waals surface area contributed by atoms with Crippen molar-refractivity contribution in [3.8, 4) is 0 Å². The minimum atomic E-state index is 0.159. The summed E-state index contributed by atoms with van der Waals surface area (Å²) in [6.45, 7) is 10.5. The molecule has 0 radical (unpaired) electrons. The first kappa shape index (κ1) is 39.2. The van der Waals surface area contributed by atoms with Crippen LogP contribution in [0.25, 0.3) is 0 Å². The molecule has 256 valence electrons. The van der Waals surface area contributed by atoms with E-state index in [-0.39, 0.29) is 6.10 Å². The molecule has 4 nitrogen and oxygen atoms in total. The second-order valence-corrected chi connectivity index (χ2v) is 13.5. The first-order valence-corrected chi connectivity index (χ1v) is 19.4. The SMILES string of the molecule is CCCCCCCCCCCCOCC(CN(CCOCc1ccccc1)C1CCC1)OCCCCCCCCCCCC. The highest BCUT2D eigenvalue weighted by atomic mass is 16.5. The minimum absolute atomic E-state index is 0.159. The van der Waals surface area contributed by atoms with Crippen LogP contribution in [0.5, 0.6) is 0 Å². The molecule has 2 rings (SSSR count). The second kappa shape index (κ2) is 29.5. The molecule has 4 heteroatoms. The lowest BCUT2D eigenvalue weighted by Gasteiger charge is -2.39. The summed E-state index contributed by atoms with van der Waals surface area (Å²) in [6, 6.07) is 11.2. The molecule has 1 atom stereocenters. The summed E-state index contributed by atoms with van der Waals surface area (Å²) in [6.07, 6.45) is 31.4. The van der Waals surface area contributed by atoms with Crippen molar-refractivity contribution in [3.05, 3.63) is 35.9 Å². The highest BCUT2D eigenvalue weighted by Gasteiger charge is 2.27. The molecular weight excluding hydrogens is 542 g/mol. The largest absolute Gasteiger partial charge is 0.379 e. The molecule has 1 aromatic rings. The predicted molar refractivity (Wildman–Crippen MR) is 190 cm³/mol. The zero-order chi connectivity index (χ0) is 31.2. The Bertz CT molecular complexity index is 710. The highest BCUT2D eigenvalue weighted by molar-refractivity contribution is 5.13. The Kier molecular flexibility index (Phi) is 26.3. The van der Waals surface area contributed by atoms with Gasteiger partial charge in [-0.15, -0.1) is 0 Å². The van der Waals surface area contributed by atoms with Crippen molar-refractivity contribution in [2.75, 3.05) is 39.5 Å². The lowest BCUT2D eigenvalue weighted by atomic mass is 9.91. The number of ether oxygens (including phenoxy) is 3. The third kappa shape index (κ3) is 21.7. The number of unbranched alkanes of at least 4 members (excludes halogenated alkanes) is 18. The molecule has 1 saturated carbocycles. The molecule has 1 aliphatic rings. The van der Waals surface area contributed by atoms with Crippen molar-refractivity contribution in [1.29, 1.82) is 0 Å². The Morgan fingerprint density at radius 1 is 0.614 bits per heavy atom. The van der Waals surface area contributed by atoms with Gasteiger partial charge in [-0.1, -0.05) is 166 Å². The lowest BCUT2D eigenvalue weighted by molar-refractivity contribution is -0.0502. The van der Waals surface area contributed by atoms with Crippen LogP contribution in [0.15, 0.2) is 30.3 Å². The number of nitrogens with zero attached hydrogens (tertiary/aromatic N) is 1. The first-order valence-electron chi connectivity index (χ1n) is 19.4. The van der Waals surface area contributed by atoms with Crippen LogP contribution in [0.4, 0.5) is 0 Å². The smallest absolute Gasteiger partial charge is 0.0935 e. The van der Waals surface area contributed by atoms with Gasteiger partial charge in [0.25, 0.3) is 0 Å². The quantitative estimate of drug-likeness (QED) is 0.0736. The van der Waals surface area contributed by atoms with Gasteiger partial charge in [-0.3, -0.25) is 4.90 Å². The van der Waals surface area contributed by atoms with Crippen LogP contribution in [0, 0.1) is 0 Å². The van der Waals surface area contributed by atoms with E-state index in [1.165, 1.54) is 153 Å². The van der Waals surface area contributed by atoms with Crippen molar-refractivity contribution < 1.29 is 14.2 Å². The van der Waals surface area contributed by atoms with Gasteiger partial charge in [-0.2, -0.15) is 0 Å². The van der Waals surface area contributed by atoms with Gasteiger partial charge in [0.2, 0.25) is 0 Å². The van der Waals surface area contributed by atoms with Crippen LogP contribution in [-0.4, -0.2) is 56.6 Å². The van der Waals surface area contributed by atoms with E-state index in [1.807, 2.05) is 0 Å². The summed E-state index contributed by atoms with van der Waals surface area (Å²) in [5, 5.41) is 0. The molecule has 0 bridgehead atoms. The molecule has 1 aliphatic carbocycles. The lowest BCUT2D eigenvalue weighted by Crippen LogP contribution is -2.47. The summed E-state index contributed by atoms with van der Waals surface area (Å²) >= 11 is 0. The van der Waals surface area contributed by atoms with E-state index >= 15 is 0 Å². The predicted octanol–water partition coefficient (Wildman–Crippen LogP) is 11.3. The molecule has 0 N–H and O–H groups in total. The standard InChI is InChI=1S/C40H73NO3/c1-3-5-7-9-11-13-15-17-19-24-32-42-37-40(44-33-25-20-18-16-14-12-10-8-6-4-2)35-41(39-29-26-30-39)31-34-43-36-38-27-22-21-23-28-38/h21-23,27-28,39-40H,3-20,24-26,29-37H2,1-2H3. The molecule has 1 fully saturated rings. The van der Waals surface area contributed by atoms with Crippen molar-refractivity contribution in [2.45, 2.75) is 180 Å². The first-order chi connectivity index (χ1) is 21.8. The van der Waals surface area contributed by atoms with Crippen LogP contribution in [0.1, 0.15) is 167 Å². The van der Waals surface area contributed by atoms with E-state index in [2.05, 4.69) is 49.1 Å². The van der Waals surface area contributed by atoms with E-state index in [1.54, 1.807) is 0 Å². The molecule has 0 aromatic heterocycles. The summed E-state index contributed by atoms with van der Waals surface area (Å²) < 4.78 is 18.9. The van der Waals surface area contributed by atoms with Gasteiger partial charge in [0.1, 0.15) is 0 Å². The summed E-state index contributed by atoms with van der Waals surface area (Å²) in [4.78, 5) is 2.64. The molecule has 1 aromatic carbocycles. The van der Waals surface area contributed by atoms with Crippen molar-refractivity contribution in [3.63, 3.8) is 0 Å². The third-order valence-corrected chi connectivity index (χ3v) is 9.46. The normalized spacial score (nSPS) is 14.3. The van der Waals surface area contributed by atoms with E-state index < -0.39 is 0 Å². The molecule has 0 spiro atoms. The van der Waals surface area contributed by atoms with Gasteiger partial charge in [0.15, 0.2) is 0 Å². The topological polar surface area (TPSA) is 30.9 Å². The van der Waals surface area contributed by atoms with Crippen molar-refractivity contribution >= 4 is 0 Å². The molecule has 0 saturated heterocycles. The summed E-state index contributed by atoms with van der Waals surface area (Å²) in [7, 11) is 0. The maximum Gasteiger partial charge on any atom is 0.0935 e. The number of rotatable bonds is 33.